The van der Waals surface area contributed by atoms with E-state index in [1.54, 1.807) is 35.1 Å². The smallest absolute Gasteiger partial charge is 0.0681 e. The second-order valence-corrected chi connectivity index (χ2v) is 20.7. The largest absolute Gasteiger partial charge is 0.373 e. The number of benzene rings is 1. The van der Waals surface area contributed by atoms with Crippen LogP contribution in [-0.4, -0.2) is 90.9 Å². The van der Waals surface area contributed by atoms with E-state index in [4.69, 9.17) is 0 Å². The maximum atomic E-state index is 4.37. The van der Waals surface area contributed by atoms with Gasteiger partial charge in [-0.2, -0.15) is 22.7 Å². The maximum Gasteiger partial charge on any atom is 0.0681 e. The number of fused-ring (bicyclic) bond motifs is 8. The van der Waals surface area contributed by atoms with E-state index in [0.29, 0.717) is 18.0 Å². The molecule has 3 aliphatic carbocycles. The fraction of sp³-hybridized carbons (Fsp3) is 0.418. The molecule has 16 rings (SSSR count). The fourth-order valence-electron chi connectivity index (χ4n) is 8.33. The minimum Gasteiger partial charge on any atom is -0.373 e. The van der Waals surface area contributed by atoms with Gasteiger partial charge in [-0.05, 0) is 117 Å². The van der Waals surface area contributed by atoms with Gasteiger partial charge in [0.25, 0.3) is 0 Å². The van der Waals surface area contributed by atoms with Gasteiger partial charge in [-0.3, -0.25) is 4.98 Å². The van der Waals surface area contributed by atoms with E-state index in [1.165, 1.54) is 41.8 Å². The van der Waals surface area contributed by atoms with Crippen LogP contribution in [0.4, 0.5) is 0 Å². The van der Waals surface area contributed by atoms with Crippen LogP contribution in [0.3, 0.4) is 0 Å². The molecule has 1 aromatic carbocycles. The zero-order chi connectivity index (χ0) is 73.9. The quantitative estimate of drug-likeness (QED) is 0.128. The summed E-state index contributed by atoms with van der Waals surface area (Å²) in [5, 5.41) is 6.83. The van der Waals surface area contributed by atoms with E-state index in [2.05, 4.69) is 145 Å². The number of aryl methyl sites for hydroxylation is 12. The number of rotatable bonds is 0. The molecule has 0 amide bonds. The van der Waals surface area contributed by atoms with Crippen LogP contribution in [0.2, 0.25) is 0 Å². The summed E-state index contributed by atoms with van der Waals surface area (Å²) in [4.78, 5) is 74.8. The Morgan fingerprint density at radius 2 is 0.757 bits per heavy atom. The van der Waals surface area contributed by atoms with Gasteiger partial charge >= 0.3 is 0 Å². The van der Waals surface area contributed by atoms with Crippen LogP contribution in [0.1, 0.15) is 222 Å². The Labute approximate surface area is 851 Å². The second kappa shape index (κ2) is 77.0. The zero-order valence-electron chi connectivity index (χ0n) is 67.9. The van der Waals surface area contributed by atoms with Crippen molar-refractivity contribution in [2.45, 2.75) is 224 Å². The molecule has 12 aromatic rings. The molecule has 28 heteroatoms. The topological polar surface area (TPSA) is 231 Å². The van der Waals surface area contributed by atoms with Gasteiger partial charge < -0.3 is 84.7 Å². The second-order valence-electron chi connectivity index (χ2n) is 18.9. The average molecular weight is 2080 g/mol. The number of pyridine rings is 1. The first-order chi connectivity index (χ1) is 48.4. The van der Waals surface area contributed by atoms with E-state index < -0.39 is 0 Å². The first-order valence-corrected chi connectivity index (χ1v) is 36.6. The summed E-state index contributed by atoms with van der Waals surface area (Å²) >= 11 is 3.23. The van der Waals surface area contributed by atoms with Crippen LogP contribution in [0, 0.1) is 105 Å². The Balaban J connectivity index is -0.000000168. The Morgan fingerprint density at radius 1 is 0.336 bits per heavy atom. The number of allylic oxidation sites excluding steroid dienone is 1. The van der Waals surface area contributed by atoms with E-state index in [-0.39, 0.29) is 262 Å². The number of hydrogen-bond acceptors (Lipinski definition) is 20. The predicted octanol–water partition coefficient (Wildman–Crippen LogP) is 18.9. The molecule has 0 bridgehead atoms. The van der Waals surface area contributed by atoms with Gasteiger partial charge in [-0.25, -0.2) is 0 Å². The van der Waals surface area contributed by atoms with Gasteiger partial charge in [0.2, 0.25) is 0 Å². The third-order valence-corrected chi connectivity index (χ3v) is 13.9. The number of thiophene rings is 2. The van der Waals surface area contributed by atoms with Crippen LogP contribution in [-0.2, 0) is 300 Å². The van der Waals surface area contributed by atoms with Crippen molar-refractivity contribution in [3.8, 4) is 0 Å². The summed E-state index contributed by atoms with van der Waals surface area (Å²) in [5.41, 5.74) is 11.7. The predicted molar refractivity (Wildman–Crippen MR) is 412 cm³/mol. The molecule has 18 nitrogen and oxygen atoms in total. The number of para-hydroxylation sites is 1. The third-order valence-electron chi connectivity index (χ3n) is 12.3. The summed E-state index contributed by atoms with van der Waals surface area (Å²) in [6, 6.07) is 15.5. The minimum absolute atomic E-state index is 0. The van der Waals surface area contributed by atoms with Crippen molar-refractivity contribution in [2.75, 3.05) is 0 Å². The third kappa shape index (κ3) is 47.5. The van der Waals surface area contributed by atoms with Crippen LogP contribution >= 0.6 is 22.7 Å². The number of nitrogens with zero attached hydrogens (tertiary/aromatic N) is 18. The molecule has 554 valence electrons. The molecule has 0 saturated heterocycles. The molecule has 8 radical (unpaired) electrons. The van der Waals surface area contributed by atoms with Gasteiger partial charge in [0, 0.05) is 326 Å². The van der Waals surface area contributed by atoms with Crippen molar-refractivity contribution in [3.05, 3.63) is 213 Å². The molecule has 0 atom stereocenters. The summed E-state index contributed by atoms with van der Waals surface area (Å²) in [5.74, 6) is 6.32. The molecule has 0 N–H and O–H groups in total. The molecule has 0 spiro atoms. The van der Waals surface area contributed by atoms with Gasteiger partial charge in [0.1, 0.15) is 0 Å². The van der Waals surface area contributed by atoms with Gasteiger partial charge in [-0.1, -0.05) is 246 Å². The normalized spacial score (nSPS) is 10.2. The summed E-state index contributed by atoms with van der Waals surface area (Å²) in [6.45, 7) is 47.7. The summed E-state index contributed by atoms with van der Waals surface area (Å²) < 4.78 is 1.03. The van der Waals surface area contributed by atoms with Crippen LogP contribution in [0.15, 0.2) is 76.6 Å². The minimum atomic E-state index is 0. The number of aromatic nitrogens is 17. The molecule has 12 heterocycles. The van der Waals surface area contributed by atoms with Crippen molar-refractivity contribution < 1.29 is 262 Å². The van der Waals surface area contributed by atoms with Gasteiger partial charge in [0.15, 0.2) is 0 Å². The molecular weight excluding hydrogens is 1980 g/mol. The molecule has 4 aliphatic rings. The Hall–Kier alpha value is -0.309. The monoisotopic (exact) mass is 2080 g/mol. The van der Waals surface area contributed by atoms with Crippen molar-refractivity contribution in [2.24, 2.45) is 4.99 Å². The molecule has 11 aromatic heterocycles. The first-order valence-electron chi connectivity index (χ1n) is 34.8. The van der Waals surface area contributed by atoms with Crippen molar-refractivity contribution in [1.82, 2.24) is 84.7 Å². The van der Waals surface area contributed by atoms with Crippen LogP contribution < -0.4 is 0 Å². The van der Waals surface area contributed by atoms with Gasteiger partial charge in [0.05, 0.1) is 5.65 Å². The van der Waals surface area contributed by atoms with Crippen molar-refractivity contribution in [1.29, 1.82) is 0 Å². The van der Waals surface area contributed by atoms with Crippen LogP contribution in [0.25, 0.3) is 48.4 Å². The summed E-state index contributed by atoms with van der Waals surface area (Å²) in [7, 11) is 0. The maximum absolute atomic E-state index is 4.37. The Kier molecular flexibility index (Phi) is 88.0. The average Bonchev–Trinajstić information content (AvgIpc) is 1.84. The van der Waals surface area contributed by atoms with E-state index in [0.717, 1.165) is 132 Å². The first kappa shape index (κ1) is 122. The number of aliphatic imine (C=N–C) groups is 1. The molecular formula is C79H104N18S2Y8-8. The SMILES string of the molecule is CC.CC.CC.CC.CC.CC.CC.CC.Cc1n[c-]c2c(n1)CC=C2.Cc1n[c-]c2c(n1)CCC2.Cc1n[c-]c2c(n1)CCCC2.Cc1n[c-]c2c(n1)CN=C2.Cc1n[c-]c2ccccc2n1.Cc1n[c-]c2cccnc2n1.Cc1n[c-]c2ccsc2n1.Cc1n[c-]c2sccc2n1.[Y].[Y].[Y].[Y].[Y].[Y].[Y].[Y]. The van der Waals surface area contributed by atoms with E-state index in [9.17, 15) is 0 Å². The summed E-state index contributed by atoms with van der Waals surface area (Å²) in [6.07, 6.45) is 40.1. The fourth-order valence-corrected chi connectivity index (χ4v) is 9.75. The molecule has 0 saturated carbocycles. The van der Waals surface area contributed by atoms with E-state index >= 15 is 0 Å². The van der Waals surface area contributed by atoms with E-state index in [1.807, 2.05) is 232 Å². The zero-order valence-corrected chi connectivity index (χ0v) is 92.3. The standard InChI is InChI=1S/C9H11N2.C9H7N2.C8H6N3.C8H9N2.C8H7N2.C7H6N3.2C7H5N2S.8C2H6.8Y/c2*1-7-10-6-8-4-2-3-5-9(8)11-7;1-6-10-5-7-3-2-4-9-8(7)11-6;2*1-6-9-5-7-3-2-4-8(7)10-6;1-5-9-3-6-2-8-4-7(6)10-5;1-5-8-4-7-6(9-5)2-3-10-7;1-5-8-4-6-2-3-10-7(6)9-5;8*1-2;;;;;;;;/h2-5H2,1H3;2-5H,1H3;2-4H,1H3;2-4H2,1H3;2-3H,4H2,1H3;2H,4H2,1H3;2*2-3H,1H3;8*1-2H3;;;;;;;;/q8*-1;;;;;;;;;;;;;;;;. The molecule has 107 heavy (non-hydrogen) atoms. The van der Waals surface area contributed by atoms with Crippen molar-refractivity contribution >= 4 is 77.3 Å². The number of hydrogen-bond donors (Lipinski definition) is 0. The Morgan fingerprint density at radius 3 is 1.35 bits per heavy atom. The van der Waals surface area contributed by atoms with Gasteiger partial charge in [-0.15, -0.1) is 58.5 Å². The molecule has 0 unspecified atom stereocenters. The van der Waals surface area contributed by atoms with Crippen molar-refractivity contribution in [3.63, 3.8) is 0 Å². The Bertz CT molecular complexity index is 4000. The molecule has 0 fully saturated rings. The molecule has 1 aliphatic heterocycles. The van der Waals surface area contributed by atoms with Crippen LogP contribution in [0.5, 0.6) is 0 Å².